The lowest BCUT2D eigenvalue weighted by Gasteiger charge is -2.35. The van der Waals surface area contributed by atoms with Gasteiger partial charge < -0.3 is 14.6 Å². The van der Waals surface area contributed by atoms with Crippen LogP contribution in [0.25, 0.3) is 10.9 Å². The van der Waals surface area contributed by atoms with E-state index in [-0.39, 0.29) is 6.61 Å². The van der Waals surface area contributed by atoms with Gasteiger partial charge >= 0.3 is 0 Å². The zero-order valence-electron chi connectivity index (χ0n) is 16.4. The van der Waals surface area contributed by atoms with Crippen LogP contribution in [0.2, 0.25) is 0 Å². The molecule has 1 saturated heterocycles. The Morgan fingerprint density at radius 3 is 2.24 bits per heavy atom. The van der Waals surface area contributed by atoms with Crippen LogP contribution < -0.4 is 4.90 Å². The van der Waals surface area contributed by atoms with Gasteiger partial charge in [-0.2, -0.15) is 0 Å². The number of rotatable bonds is 3. The Morgan fingerprint density at radius 1 is 1.04 bits per heavy atom. The van der Waals surface area contributed by atoms with Crippen molar-refractivity contribution in [2.45, 2.75) is 33.6 Å². The summed E-state index contributed by atoms with van der Waals surface area (Å²) in [6.45, 7) is 11.5. The number of nitrogens with zero attached hydrogens (tertiary/aromatic N) is 3. The Hall–Kier alpha value is -1.52. The zero-order valence-corrected chi connectivity index (χ0v) is 16.4. The average molecular weight is 346 g/mol. The van der Waals surface area contributed by atoms with Crippen LogP contribution >= 0.6 is 0 Å². The largest absolute Gasteiger partial charge is 0.395 e. The number of benzene rings is 1. The van der Waals surface area contributed by atoms with Gasteiger partial charge in [0.25, 0.3) is 0 Å². The van der Waals surface area contributed by atoms with E-state index < -0.39 is 0 Å². The summed E-state index contributed by atoms with van der Waals surface area (Å²) in [6, 6.07) is 8.84. The van der Waals surface area contributed by atoms with Crippen LogP contribution in [0, 0.1) is 5.92 Å². The molecule has 0 unspecified atom stereocenters. The first-order valence-electron chi connectivity index (χ1n) is 9.80. The lowest BCUT2D eigenvalue weighted by molar-refractivity contribution is 0.189. The number of aryl methyl sites for hydroxylation is 1. The van der Waals surface area contributed by atoms with Crippen LogP contribution in [-0.2, 0) is 7.05 Å². The highest BCUT2D eigenvalue weighted by Crippen LogP contribution is 2.26. The van der Waals surface area contributed by atoms with Gasteiger partial charge in [0.1, 0.15) is 0 Å². The summed E-state index contributed by atoms with van der Waals surface area (Å²) in [7, 11) is 2.09. The topological polar surface area (TPSA) is 31.6 Å². The molecule has 1 aliphatic heterocycles. The number of aliphatic hydroxyl groups excluding tert-OH is 1. The quantitative estimate of drug-likeness (QED) is 0.920. The average Bonchev–Trinajstić information content (AvgIpc) is 3.36. The lowest BCUT2D eigenvalue weighted by Crippen LogP contribution is -2.47. The maximum atomic E-state index is 8.97. The maximum absolute atomic E-state index is 8.97. The Bertz CT molecular complexity index is 625. The van der Waals surface area contributed by atoms with E-state index >= 15 is 0 Å². The van der Waals surface area contributed by atoms with Crippen molar-refractivity contribution in [3.05, 3.63) is 30.5 Å². The molecule has 4 rings (SSSR count). The molecule has 1 aromatic carbocycles. The fourth-order valence-corrected chi connectivity index (χ4v) is 2.99. The first kappa shape index (κ1) is 19.8. The molecule has 1 aromatic heterocycles. The molecule has 4 heteroatoms. The number of aromatic nitrogens is 1. The van der Waals surface area contributed by atoms with Gasteiger partial charge in [0.15, 0.2) is 0 Å². The Kier molecular flexibility index (Phi) is 7.79. The molecule has 2 heterocycles. The summed E-state index contributed by atoms with van der Waals surface area (Å²) in [5.74, 6) is 1.08. The highest BCUT2D eigenvalue weighted by molar-refractivity contribution is 5.83. The van der Waals surface area contributed by atoms with Crippen LogP contribution in [0.15, 0.2) is 30.5 Å². The molecule has 0 radical (unpaired) electrons. The number of hydrogen-bond acceptors (Lipinski definition) is 3. The zero-order chi connectivity index (χ0) is 18.2. The molecule has 140 valence electrons. The minimum Gasteiger partial charge on any atom is -0.395 e. The minimum atomic E-state index is 0.259. The molecule has 0 bridgehead atoms. The van der Waals surface area contributed by atoms with Gasteiger partial charge in [0.05, 0.1) is 6.61 Å². The van der Waals surface area contributed by atoms with E-state index in [1.165, 1.54) is 29.4 Å². The smallest absolute Gasteiger partial charge is 0.0558 e. The Morgan fingerprint density at radius 2 is 1.68 bits per heavy atom. The normalized spacial score (nSPS) is 17.6. The summed E-state index contributed by atoms with van der Waals surface area (Å²) >= 11 is 0. The number of β-amino-alcohol motifs (C(OH)–C–C–N with tert-alkyl or cyclic N) is 1. The van der Waals surface area contributed by atoms with Crippen LogP contribution in [0.3, 0.4) is 0 Å². The second-order valence-electron chi connectivity index (χ2n) is 6.90. The van der Waals surface area contributed by atoms with Crippen molar-refractivity contribution in [1.82, 2.24) is 9.47 Å². The first-order chi connectivity index (χ1) is 12.2. The molecule has 2 aliphatic rings. The molecule has 2 fully saturated rings. The summed E-state index contributed by atoms with van der Waals surface area (Å²) in [5.41, 5.74) is 2.59. The molecule has 1 aliphatic carbocycles. The standard InChI is InChI=1S/C15H21N3O.C4H8.C2H6/c1-16-5-4-13-2-3-14(12-15(13)16)18-8-6-17(7-9-18)10-11-19;1-4-2-3-4;1-2/h2-5,12,19H,6-11H2,1H3;4H,2-3H2,1H3;1-2H3. The second kappa shape index (κ2) is 9.83. The molecule has 25 heavy (non-hydrogen) atoms. The van der Waals surface area contributed by atoms with Crippen LogP contribution in [0.4, 0.5) is 5.69 Å². The van der Waals surface area contributed by atoms with Gasteiger partial charge in [0.2, 0.25) is 0 Å². The van der Waals surface area contributed by atoms with Crippen LogP contribution in [-0.4, -0.2) is 53.9 Å². The number of piperazine rings is 1. The fraction of sp³-hybridized carbons (Fsp3) is 0.619. The SMILES string of the molecule is CC.CC1CC1.Cn1ccc2ccc(N3CCN(CCO)CC3)cc21. The maximum Gasteiger partial charge on any atom is 0.0558 e. The molecular formula is C21H35N3O. The van der Waals surface area contributed by atoms with Crippen LogP contribution in [0.5, 0.6) is 0 Å². The summed E-state index contributed by atoms with van der Waals surface area (Å²) in [5, 5.41) is 10.3. The molecule has 4 nitrogen and oxygen atoms in total. The molecule has 2 aromatic rings. The monoisotopic (exact) mass is 345 g/mol. The second-order valence-corrected chi connectivity index (χ2v) is 6.90. The Balaban J connectivity index is 0.000000324. The third-order valence-electron chi connectivity index (χ3n) is 4.89. The highest BCUT2D eigenvalue weighted by atomic mass is 16.3. The van der Waals surface area contributed by atoms with Gasteiger partial charge in [-0.05, 0) is 29.5 Å². The Labute approximate surface area is 153 Å². The third-order valence-corrected chi connectivity index (χ3v) is 4.89. The van der Waals surface area contributed by atoms with E-state index in [1.807, 2.05) is 13.8 Å². The summed E-state index contributed by atoms with van der Waals surface area (Å²) in [6.07, 6.45) is 5.08. The minimum absolute atomic E-state index is 0.259. The number of aliphatic hydroxyl groups is 1. The first-order valence-corrected chi connectivity index (χ1v) is 9.80. The van der Waals surface area contributed by atoms with E-state index in [4.69, 9.17) is 5.11 Å². The highest BCUT2D eigenvalue weighted by Gasteiger charge is 2.17. The molecular weight excluding hydrogens is 310 g/mol. The van der Waals surface area contributed by atoms with Crippen molar-refractivity contribution in [1.29, 1.82) is 0 Å². The number of hydrogen-bond donors (Lipinski definition) is 1. The van der Waals surface area contributed by atoms with Crippen molar-refractivity contribution in [3.63, 3.8) is 0 Å². The molecule has 0 atom stereocenters. The number of fused-ring (bicyclic) bond motifs is 1. The van der Waals surface area contributed by atoms with Gasteiger partial charge in [-0.3, -0.25) is 4.90 Å². The molecule has 1 N–H and O–H groups in total. The van der Waals surface area contributed by atoms with Crippen molar-refractivity contribution in [2.75, 3.05) is 44.2 Å². The molecule has 0 amide bonds. The van der Waals surface area contributed by atoms with E-state index in [2.05, 4.69) is 58.8 Å². The van der Waals surface area contributed by atoms with Crippen molar-refractivity contribution in [2.24, 2.45) is 13.0 Å². The van der Waals surface area contributed by atoms with Crippen molar-refractivity contribution < 1.29 is 5.11 Å². The van der Waals surface area contributed by atoms with E-state index in [0.717, 1.165) is 38.6 Å². The van der Waals surface area contributed by atoms with Crippen molar-refractivity contribution >= 4 is 16.6 Å². The van der Waals surface area contributed by atoms with Gasteiger partial charge in [0, 0.05) is 57.2 Å². The fourth-order valence-electron chi connectivity index (χ4n) is 2.99. The van der Waals surface area contributed by atoms with E-state index in [0.29, 0.717) is 0 Å². The van der Waals surface area contributed by atoms with E-state index in [1.54, 1.807) is 0 Å². The van der Waals surface area contributed by atoms with E-state index in [9.17, 15) is 0 Å². The molecule has 0 spiro atoms. The predicted octanol–water partition coefficient (Wildman–Crippen LogP) is 3.74. The predicted molar refractivity (Wildman–Crippen MR) is 108 cm³/mol. The lowest BCUT2D eigenvalue weighted by atomic mass is 10.2. The number of anilines is 1. The molecule has 1 saturated carbocycles. The summed E-state index contributed by atoms with van der Waals surface area (Å²) < 4.78 is 2.17. The third kappa shape index (κ3) is 5.75. The van der Waals surface area contributed by atoms with Gasteiger partial charge in [-0.15, -0.1) is 0 Å². The van der Waals surface area contributed by atoms with Gasteiger partial charge in [-0.25, -0.2) is 0 Å². The van der Waals surface area contributed by atoms with Crippen molar-refractivity contribution in [3.8, 4) is 0 Å². The van der Waals surface area contributed by atoms with Gasteiger partial charge in [-0.1, -0.05) is 39.7 Å². The summed E-state index contributed by atoms with van der Waals surface area (Å²) in [4.78, 5) is 4.75. The van der Waals surface area contributed by atoms with Crippen LogP contribution in [0.1, 0.15) is 33.6 Å².